The van der Waals surface area contributed by atoms with E-state index >= 15 is 0 Å². The standard InChI is InChI=1S/C18H25N3O3/c1-14(13-15-7-3-2-4-8-15)17(22)24-12-11-21-18(23)20-10-6-5-9-16(20)19-21/h5-6,9-10,14-15H,2-4,7-8,11-13H2,1H3. The van der Waals surface area contributed by atoms with Crippen molar-refractivity contribution in [1.29, 1.82) is 0 Å². The van der Waals surface area contributed by atoms with Crippen LogP contribution in [0.4, 0.5) is 0 Å². The maximum atomic E-state index is 12.1. The lowest BCUT2D eigenvalue weighted by Crippen LogP contribution is -2.25. The summed E-state index contributed by atoms with van der Waals surface area (Å²) in [6.45, 7) is 2.40. The van der Waals surface area contributed by atoms with E-state index in [2.05, 4.69) is 5.10 Å². The minimum absolute atomic E-state index is 0.0779. The zero-order valence-electron chi connectivity index (χ0n) is 14.2. The van der Waals surface area contributed by atoms with Crippen LogP contribution in [-0.2, 0) is 16.1 Å². The summed E-state index contributed by atoms with van der Waals surface area (Å²) in [6.07, 6.45) is 8.94. The van der Waals surface area contributed by atoms with Crippen molar-refractivity contribution in [3.63, 3.8) is 0 Å². The fourth-order valence-electron chi connectivity index (χ4n) is 3.51. The lowest BCUT2D eigenvalue weighted by atomic mass is 9.83. The Morgan fingerprint density at radius 2 is 2.12 bits per heavy atom. The Hall–Kier alpha value is -2.11. The summed E-state index contributed by atoms with van der Waals surface area (Å²) in [5, 5.41) is 4.22. The summed E-state index contributed by atoms with van der Waals surface area (Å²) in [5.74, 6) is 0.408. The minimum Gasteiger partial charge on any atom is -0.464 e. The number of rotatable bonds is 6. The first-order valence-corrected chi connectivity index (χ1v) is 8.86. The van der Waals surface area contributed by atoms with Crippen LogP contribution in [0.2, 0.25) is 0 Å². The smallest absolute Gasteiger partial charge is 0.350 e. The summed E-state index contributed by atoms with van der Waals surface area (Å²) in [4.78, 5) is 24.3. The van der Waals surface area contributed by atoms with Crippen LogP contribution in [-0.4, -0.2) is 26.8 Å². The van der Waals surface area contributed by atoms with Gasteiger partial charge >= 0.3 is 11.7 Å². The number of ether oxygens (including phenoxy) is 1. The number of carbonyl (C=O) groups is 1. The third kappa shape index (κ3) is 3.86. The minimum atomic E-state index is -0.211. The Morgan fingerprint density at radius 3 is 2.88 bits per heavy atom. The van der Waals surface area contributed by atoms with Crippen molar-refractivity contribution in [2.45, 2.75) is 52.0 Å². The van der Waals surface area contributed by atoms with Crippen molar-refractivity contribution >= 4 is 11.6 Å². The average molecular weight is 331 g/mol. The molecule has 1 fully saturated rings. The molecule has 1 unspecified atom stereocenters. The molecule has 1 aliphatic carbocycles. The molecule has 0 N–H and O–H groups in total. The summed E-state index contributed by atoms with van der Waals surface area (Å²) < 4.78 is 8.17. The monoisotopic (exact) mass is 331 g/mol. The van der Waals surface area contributed by atoms with Gasteiger partial charge in [0.1, 0.15) is 6.61 Å². The topological polar surface area (TPSA) is 65.6 Å². The molecule has 6 heteroatoms. The van der Waals surface area contributed by atoms with Crippen LogP contribution in [0.5, 0.6) is 0 Å². The van der Waals surface area contributed by atoms with Crippen molar-refractivity contribution in [1.82, 2.24) is 14.2 Å². The van der Waals surface area contributed by atoms with E-state index in [0.717, 1.165) is 6.42 Å². The molecule has 2 aromatic heterocycles. The predicted molar refractivity (Wildman–Crippen MR) is 90.8 cm³/mol. The molecule has 0 aromatic carbocycles. The van der Waals surface area contributed by atoms with E-state index in [1.54, 1.807) is 18.3 Å². The molecule has 0 radical (unpaired) electrons. The third-order valence-electron chi connectivity index (χ3n) is 4.85. The van der Waals surface area contributed by atoms with Gasteiger partial charge in [0.2, 0.25) is 0 Å². The second-order valence-electron chi connectivity index (χ2n) is 6.74. The Bertz CT molecular complexity index is 743. The highest BCUT2D eigenvalue weighted by atomic mass is 16.5. The van der Waals surface area contributed by atoms with E-state index in [1.165, 1.54) is 41.2 Å². The lowest BCUT2D eigenvalue weighted by molar-refractivity contribution is -0.149. The average Bonchev–Trinajstić information content (AvgIpc) is 2.92. The number of pyridine rings is 1. The maximum absolute atomic E-state index is 12.1. The maximum Gasteiger partial charge on any atom is 0.350 e. The zero-order valence-corrected chi connectivity index (χ0v) is 14.2. The molecule has 24 heavy (non-hydrogen) atoms. The SMILES string of the molecule is CC(CC1CCCCC1)C(=O)OCCn1nc2ccccn2c1=O. The predicted octanol–water partition coefficient (Wildman–Crippen LogP) is 2.65. The van der Waals surface area contributed by atoms with Crippen molar-refractivity contribution in [2.24, 2.45) is 11.8 Å². The molecule has 0 amide bonds. The van der Waals surface area contributed by atoms with Gasteiger partial charge in [0.25, 0.3) is 0 Å². The van der Waals surface area contributed by atoms with E-state index in [9.17, 15) is 9.59 Å². The first-order chi connectivity index (χ1) is 11.6. The van der Waals surface area contributed by atoms with Crippen LogP contribution in [0.15, 0.2) is 29.2 Å². The Labute approximate surface area is 141 Å². The van der Waals surface area contributed by atoms with Gasteiger partial charge in [-0.1, -0.05) is 45.1 Å². The van der Waals surface area contributed by atoms with E-state index in [1.807, 2.05) is 13.0 Å². The molecule has 1 saturated carbocycles. The largest absolute Gasteiger partial charge is 0.464 e. The molecule has 130 valence electrons. The molecule has 0 saturated heterocycles. The number of carbonyl (C=O) groups excluding carboxylic acids is 1. The Morgan fingerprint density at radius 1 is 1.33 bits per heavy atom. The van der Waals surface area contributed by atoms with Crippen LogP contribution in [0.3, 0.4) is 0 Å². The fourth-order valence-corrected chi connectivity index (χ4v) is 3.51. The van der Waals surface area contributed by atoms with Crippen LogP contribution in [0.25, 0.3) is 5.65 Å². The molecule has 0 bridgehead atoms. The summed E-state index contributed by atoms with van der Waals surface area (Å²) in [5.41, 5.74) is 0.386. The van der Waals surface area contributed by atoms with Crippen LogP contribution < -0.4 is 5.69 Å². The molecule has 0 aliphatic heterocycles. The second-order valence-corrected chi connectivity index (χ2v) is 6.74. The summed E-state index contributed by atoms with van der Waals surface area (Å²) in [7, 11) is 0. The highest BCUT2D eigenvalue weighted by Crippen LogP contribution is 2.29. The van der Waals surface area contributed by atoms with Gasteiger partial charge in [-0.15, -0.1) is 5.10 Å². The van der Waals surface area contributed by atoms with E-state index in [0.29, 0.717) is 11.6 Å². The van der Waals surface area contributed by atoms with E-state index in [-0.39, 0.29) is 30.7 Å². The van der Waals surface area contributed by atoms with Crippen LogP contribution >= 0.6 is 0 Å². The number of hydrogen-bond donors (Lipinski definition) is 0. The first-order valence-electron chi connectivity index (χ1n) is 8.86. The van der Waals surface area contributed by atoms with Gasteiger partial charge in [0, 0.05) is 6.20 Å². The van der Waals surface area contributed by atoms with Gasteiger partial charge in [0.15, 0.2) is 5.65 Å². The molecule has 0 spiro atoms. The van der Waals surface area contributed by atoms with Gasteiger partial charge in [-0.25, -0.2) is 9.48 Å². The number of aromatic nitrogens is 3. The van der Waals surface area contributed by atoms with Crippen molar-refractivity contribution in [2.75, 3.05) is 6.61 Å². The van der Waals surface area contributed by atoms with E-state index in [4.69, 9.17) is 4.74 Å². The molecular formula is C18H25N3O3. The van der Waals surface area contributed by atoms with Crippen LogP contribution in [0.1, 0.15) is 45.4 Å². The molecule has 2 aromatic rings. The molecule has 2 heterocycles. The zero-order chi connectivity index (χ0) is 16.9. The molecule has 1 atom stereocenters. The molecule has 1 aliphatic rings. The Balaban J connectivity index is 1.48. The van der Waals surface area contributed by atoms with Gasteiger partial charge in [-0.05, 0) is 24.5 Å². The number of fused-ring (bicyclic) bond motifs is 1. The number of hydrogen-bond acceptors (Lipinski definition) is 4. The number of esters is 1. The number of nitrogens with zero attached hydrogens (tertiary/aromatic N) is 3. The Kier molecular flexibility index (Phi) is 5.33. The van der Waals surface area contributed by atoms with Crippen molar-refractivity contribution in [3.05, 3.63) is 34.9 Å². The first kappa shape index (κ1) is 16.7. The highest BCUT2D eigenvalue weighted by Gasteiger charge is 2.21. The quantitative estimate of drug-likeness (QED) is 0.763. The van der Waals surface area contributed by atoms with Gasteiger partial charge in [-0.3, -0.25) is 9.20 Å². The molecule has 6 nitrogen and oxygen atoms in total. The van der Waals surface area contributed by atoms with Crippen molar-refractivity contribution in [3.8, 4) is 0 Å². The molecule has 3 rings (SSSR count). The van der Waals surface area contributed by atoms with Gasteiger partial charge in [-0.2, -0.15) is 0 Å². The lowest BCUT2D eigenvalue weighted by Gasteiger charge is -2.23. The van der Waals surface area contributed by atoms with Gasteiger partial charge in [0.05, 0.1) is 12.5 Å². The summed E-state index contributed by atoms with van der Waals surface area (Å²) in [6, 6.07) is 5.39. The van der Waals surface area contributed by atoms with E-state index < -0.39 is 0 Å². The third-order valence-corrected chi connectivity index (χ3v) is 4.85. The van der Waals surface area contributed by atoms with Crippen molar-refractivity contribution < 1.29 is 9.53 Å². The highest BCUT2D eigenvalue weighted by molar-refractivity contribution is 5.71. The van der Waals surface area contributed by atoms with Crippen LogP contribution in [0, 0.1) is 11.8 Å². The van der Waals surface area contributed by atoms with Gasteiger partial charge < -0.3 is 4.74 Å². The normalized spacial score (nSPS) is 17.0. The summed E-state index contributed by atoms with van der Waals surface area (Å²) >= 11 is 0. The fraction of sp³-hybridized carbons (Fsp3) is 0.611. The molecular weight excluding hydrogens is 306 g/mol. The second kappa shape index (κ2) is 7.64.